The lowest BCUT2D eigenvalue weighted by Gasteiger charge is -2.19. The summed E-state index contributed by atoms with van der Waals surface area (Å²) < 4.78 is 0. The lowest BCUT2D eigenvalue weighted by Crippen LogP contribution is -2.48. The first-order valence-corrected chi connectivity index (χ1v) is 13.1. The van der Waals surface area contributed by atoms with E-state index in [1.54, 1.807) is 41.9 Å². The number of hydrogen-bond acceptors (Lipinski definition) is 5. The Morgan fingerprint density at radius 2 is 1.42 bits per heavy atom. The highest BCUT2D eigenvalue weighted by molar-refractivity contribution is 6.08. The monoisotopic (exact) mass is 519 g/mol. The Labute approximate surface area is 224 Å². The summed E-state index contributed by atoms with van der Waals surface area (Å²) in [7, 11) is 0. The largest absolute Gasteiger partial charge is 0.354 e. The summed E-state index contributed by atoms with van der Waals surface area (Å²) in [6, 6.07) is 15.3. The normalized spacial score (nSPS) is 11.2. The molecule has 202 valence electrons. The van der Waals surface area contributed by atoms with Crippen LogP contribution in [0.1, 0.15) is 79.3 Å². The van der Waals surface area contributed by atoms with Crippen LogP contribution in [0.25, 0.3) is 0 Å². The zero-order valence-corrected chi connectivity index (χ0v) is 21.7. The fourth-order valence-corrected chi connectivity index (χ4v) is 3.93. The summed E-state index contributed by atoms with van der Waals surface area (Å²) in [5, 5.41) is 14.2. The summed E-state index contributed by atoms with van der Waals surface area (Å²) in [5.74, 6) is 1.59. The van der Waals surface area contributed by atoms with Crippen molar-refractivity contribution in [3.63, 3.8) is 0 Å². The van der Waals surface area contributed by atoms with Gasteiger partial charge in [0.25, 0.3) is 0 Å². The summed E-state index contributed by atoms with van der Waals surface area (Å²) in [4.78, 5) is 49.2. The number of benzene rings is 2. The highest BCUT2D eigenvalue weighted by atomic mass is 16.5. The van der Waals surface area contributed by atoms with Crippen LogP contribution in [0.2, 0.25) is 0 Å². The minimum Gasteiger partial charge on any atom is -0.354 e. The van der Waals surface area contributed by atoms with Crippen molar-refractivity contribution in [2.24, 2.45) is 0 Å². The molecule has 0 spiro atoms. The predicted molar refractivity (Wildman–Crippen MR) is 145 cm³/mol. The van der Waals surface area contributed by atoms with Crippen LogP contribution in [-0.4, -0.2) is 41.3 Å². The van der Waals surface area contributed by atoms with E-state index in [4.69, 9.17) is 11.6 Å². The Balaban J connectivity index is 1.94. The number of rotatable bonds is 17. The van der Waals surface area contributed by atoms with Crippen molar-refractivity contribution in [1.29, 1.82) is 0 Å². The van der Waals surface area contributed by atoms with E-state index in [0.29, 0.717) is 36.9 Å². The molecule has 3 amide bonds. The molecule has 2 aromatic carbocycles. The molecule has 0 radical (unpaired) electrons. The third-order valence-corrected chi connectivity index (χ3v) is 6.07. The van der Waals surface area contributed by atoms with Gasteiger partial charge in [0.05, 0.1) is 0 Å². The van der Waals surface area contributed by atoms with Crippen molar-refractivity contribution in [3.8, 4) is 12.3 Å². The molecule has 0 aliphatic rings. The van der Waals surface area contributed by atoms with Crippen LogP contribution in [0.5, 0.6) is 0 Å². The Morgan fingerprint density at radius 3 is 2.05 bits per heavy atom. The third kappa shape index (κ3) is 11.4. The van der Waals surface area contributed by atoms with Gasteiger partial charge < -0.3 is 10.6 Å². The number of unbranched alkanes of at least 4 members (excludes halogenated alkanes) is 5. The Hall–Kier alpha value is -3.96. The van der Waals surface area contributed by atoms with Crippen molar-refractivity contribution in [2.75, 3.05) is 6.54 Å². The summed E-state index contributed by atoms with van der Waals surface area (Å²) in [6.45, 7) is 0.471. The number of carbonyl (C=O) groups excluding carboxylic acids is 4. The highest BCUT2D eigenvalue weighted by Crippen LogP contribution is 2.13. The van der Waals surface area contributed by atoms with Crippen LogP contribution in [-0.2, 0) is 20.8 Å². The predicted octanol–water partition coefficient (Wildman–Crippen LogP) is 3.71. The Morgan fingerprint density at radius 1 is 0.789 bits per heavy atom. The second-order valence-corrected chi connectivity index (χ2v) is 9.12. The van der Waals surface area contributed by atoms with Crippen molar-refractivity contribution in [2.45, 2.75) is 70.3 Å². The SMILES string of the molecule is C#CCCCCNC(=O)[C@@H](Cc1ccc(C(=O)c2ccccc2)cc1)NC(=O)CCCCCCC(=O)NO. The number of ketones is 1. The first-order chi connectivity index (χ1) is 18.4. The fourth-order valence-electron chi connectivity index (χ4n) is 3.93. The molecule has 38 heavy (non-hydrogen) atoms. The van der Waals surface area contributed by atoms with Crippen LogP contribution < -0.4 is 16.1 Å². The van der Waals surface area contributed by atoms with Gasteiger partial charge in [-0.3, -0.25) is 24.4 Å². The van der Waals surface area contributed by atoms with Crippen molar-refractivity contribution in [1.82, 2.24) is 16.1 Å². The van der Waals surface area contributed by atoms with E-state index in [2.05, 4.69) is 16.6 Å². The van der Waals surface area contributed by atoms with Gasteiger partial charge in [0.1, 0.15) is 6.04 Å². The van der Waals surface area contributed by atoms with E-state index < -0.39 is 11.9 Å². The molecule has 0 bridgehead atoms. The first kappa shape index (κ1) is 30.3. The number of carbonyl (C=O) groups is 4. The number of nitrogens with one attached hydrogen (secondary N) is 3. The number of hydroxylamine groups is 1. The van der Waals surface area contributed by atoms with Gasteiger partial charge in [0.2, 0.25) is 17.7 Å². The maximum absolute atomic E-state index is 12.9. The van der Waals surface area contributed by atoms with E-state index in [1.807, 2.05) is 18.2 Å². The van der Waals surface area contributed by atoms with Gasteiger partial charge in [-0.2, -0.15) is 0 Å². The van der Waals surface area contributed by atoms with Crippen LogP contribution >= 0.6 is 0 Å². The summed E-state index contributed by atoms with van der Waals surface area (Å²) >= 11 is 0. The van der Waals surface area contributed by atoms with E-state index in [0.717, 1.165) is 31.2 Å². The molecule has 2 aromatic rings. The maximum Gasteiger partial charge on any atom is 0.243 e. The van der Waals surface area contributed by atoms with Crippen molar-refractivity contribution >= 4 is 23.5 Å². The molecular formula is C30H37N3O5. The molecule has 8 heteroatoms. The van der Waals surface area contributed by atoms with Gasteiger partial charge in [-0.15, -0.1) is 12.3 Å². The minimum absolute atomic E-state index is 0.0799. The standard InChI is InChI=1S/C30H37N3O5/c1-2-3-4-12-21-31-30(37)26(32-27(34)15-10-5-6-11-16-28(35)33-38)22-23-17-19-25(20-18-23)29(36)24-13-8-7-9-14-24/h1,7-9,13-14,17-20,26,38H,3-6,10-12,15-16,21-22H2,(H,31,37)(H,32,34)(H,33,35)/t26-/m1/s1. The molecule has 8 nitrogen and oxygen atoms in total. The molecule has 1 atom stereocenters. The van der Waals surface area contributed by atoms with E-state index in [9.17, 15) is 19.2 Å². The smallest absolute Gasteiger partial charge is 0.243 e. The highest BCUT2D eigenvalue weighted by Gasteiger charge is 2.21. The van der Waals surface area contributed by atoms with Crippen molar-refractivity contribution in [3.05, 3.63) is 71.3 Å². The molecular weight excluding hydrogens is 482 g/mol. The molecule has 0 aromatic heterocycles. The number of terminal acetylenes is 1. The second-order valence-electron chi connectivity index (χ2n) is 9.12. The van der Waals surface area contributed by atoms with E-state index >= 15 is 0 Å². The Bertz CT molecular complexity index is 1080. The fraction of sp³-hybridized carbons (Fsp3) is 0.400. The lowest BCUT2D eigenvalue weighted by molar-refractivity contribution is -0.129. The van der Waals surface area contributed by atoms with Crippen LogP contribution in [0.4, 0.5) is 0 Å². The van der Waals surface area contributed by atoms with E-state index in [-0.39, 0.29) is 36.9 Å². The molecule has 0 aliphatic carbocycles. The molecule has 2 rings (SSSR count). The first-order valence-electron chi connectivity index (χ1n) is 13.1. The average molecular weight is 520 g/mol. The van der Waals surface area contributed by atoms with Crippen LogP contribution in [0.15, 0.2) is 54.6 Å². The van der Waals surface area contributed by atoms with Crippen LogP contribution in [0, 0.1) is 12.3 Å². The molecule has 0 saturated heterocycles. The zero-order chi connectivity index (χ0) is 27.6. The molecule has 4 N–H and O–H groups in total. The summed E-state index contributed by atoms with van der Waals surface area (Å²) in [6.07, 6.45) is 11.1. The van der Waals surface area contributed by atoms with Crippen molar-refractivity contribution < 1.29 is 24.4 Å². The maximum atomic E-state index is 12.9. The van der Waals surface area contributed by atoms with Gasteiger partial charge in [-0.1, -0.05) is 67.4 Å². The quantitative estimate of drug-likeness (QED) is 0.0834. The number of amides is 3. The molecule has 0 aliphatic heterocycles. The molecule has 0 heterocycles. The summed E-state index contributed by atoms with van der Waals surface area (Å²) in [5.41, 5.74) is 3.58. The van der Waals surface area contributed by atoms with Gasteiger partial charge in [0.15, 0.2) is 5.78 Å². The number of hydrogen-bond donors (Lipinski definition) is 4. The topological polar surface area (TPSA) is 125 Å². The third-order valence-electron chi connectivity index (χ3n) is 6.07. The minimum atomic E-state index is -0.751. The lowest BCUT2D eigenvalue weighted by atomic mass is 9.99. The van der Waals surface area contributed by atoms with Gasteiger partial charge >= 0.3 is 0 Å². The Kier molecular flexibility index (Phi) is 13.9. The van der Waals surface area contributed by atoms with Gasteiger partial charge in [0, 0.05) is 43.4 Å². The molecule has 0 unspecified atom stereocenters. The zero-order valence-electron chi connectivity index (χ0n) is 21.7. The molecule has 0 fully saturated rings. The average Bonchev–Trinajstić information content (AvgIpc) is 2.94. The van der Waals surface area contributed by atoms with E-state index in [1.165, 1.54) is 0 Å². The van der Waals surface area contributed by atoms with Crippen LogP contribution in [0.3, 0.4) is 0 Å². The van der Waals surface area contributed by atoms with Gasteiger partial charge in [-0.25, -0.2) is 5.48 Å². The second kappa shape index (κ2) is 17.5. The molecule has 0 saturated carbocycles. The van der Waals surface area contributed by atoms with Gasteiger partial charge in [-0.05, 0) is 31.2 Å².